The molecule has 1 atom stereocenters. The molecular formula is C8H12N2O3S. The number of nitrogens with one attached hydrogen (secondary N) is 1. The third-order valence-electron chi connectivity index (χ3n) is 2.23. The molecule has 0 bridgehead atoms. The van der Waals surface area contributed by atoms with Crippen LogP contribution in [0.4, 0.5) is 0 Å². The summed E-state index contributed by atoms with van der Waals surface area (Å²) in [4.78, 5) is 0.269. The number of hydrogen-bond acceptors (Lipinski definition) is 5. The second-order valence-electron chi connectivity index (χ2n) is 3.15. The Labute approximate surface area is 86.4 Å². The average Bonchev–Trinajstić information content (AvgIpc) is 2.75. The number of ether oxygens (including phenoxy) is 2. The Balaban J connectivity index is 2.30. The van der Waals surface area contributed by atoms with Crippen LogP contribution in [-0.4, -0.2) is 30.0 Å². The highest BCUT2D eigenvalue weighted by Crippen LogP contribution is 2.33. The topological polar surface area (TPSA) is 60.3 Å². The van der Waals surface area contributed by atoms with Gasteiger partial charge in [0.05, 0.1) is 13.2 Å². The molecule has 1 unspecified atom stereocenters. The van der Waals surface area contributed by atoms with Crippen LogP contribution in [-0.2, 0) is 15.1 Å². The fourth-order valence-electron chi connectivity index (χ4n) is 1.59. The Morgan fingerprint density at radius 3 is 3.07 bits per heavy atom. The number of aromatic nitrogens is 2. The summed E-state index contributed by atoms with van der Waals surface area (Å²) >= 11 is 4.82. The van der Waals surface area contributed by atoms with Crippen molar-refractivity contribution < 1.29 is 13.9 Å². The van der Waals surface area contributed by atoms with E-state index in [-0.39, 0.29) is 4.84 Å². The molecule has 0 radical (unpaired) electrons. The van der Waals surface area contributed by atoms with Gasteiger partial charge in [0.25, 0.3) is 4.84 Å². The largest absolute Gasteiger partial charge is 0.411 e. The van der Waals surface area contributed by atoms with Crippen LogP contribution in [0.5, 0.6) is 0 Å². The van der Waals surface area contributed by atoms with Crippen molar-refractivity contribution in [2.75, 3.05) is 19.8 Å². The predicted octanol–water partition coefficient (Wildman–Crippen LogP) is 1.38. The third-order valence-corrected chi connectivity index (χ3v) is 2.41. The van der Waals surface area contributed by atoms with Crippen LogP contribution in [0.2, 0.25) is 0 Å². The maximum atomic E-state index is 5.64. The number of rotatable bonds is 3. The first-order valence-corrected chi connectivity index (χ1v) is 4.95. The van der Waals surface area contributed by atoms with Crippen LogP contribution in [0, 0.1) is 4.84 Å². The van der Waals surface area contributed by atoms with Gasteiger partial charge in [-0.15, -0.1) is 5.10 Å². The minimum Gasteiger partial charge on any atom is -0.411 e. The molecule has 0 aromatic carbocycles. The van der Waals surface area contributed by atoms with E-state index in [0.29, 0.717) is 25.7 Å². The molecule has 6 heteroatoms. The van der Waals surface area contributed by atoms with E-state index in [9.17, 15) is 0 Å². The first-order valence-electron chi connectivity index (χ1n) is 4.54. The first kappa shape index (κ1) is 9.82. The van der Waals surface area contributed by atoms with Crippen LogP contribution >= 0.6 is 12.2 Å². The minimum absolute atomic E-state index is 0.269. The zero-order valence-electron chi connectivity index (χ0n) is 7.91. The molecule has 1 aliphatic rings. The number of H-pyrrole nitrogens is 1. The standard InChI is InChI=1S/C8H12N2O3S/c1-2-12-8(3-4-11-5-8)6-9-10-7(14)13-6/h2-5H2,1H3,(H,10,14). The molecule has 1 fully saturated rings. The van der Waals surface area contributed by atoms with Gasteiger partial charge in [-0.3, -0.25) is 0 Å². The molecule has 1 N–H and O–H groups in total. The molecule has 0 spiro atoms. The highest BCUT2D eigenvalue weighted by molar-refractivity contribution is 7.71. The van der Waals surface area contributed by atoms with E-state index < -0.39 is 5.60 Å². The average molecular weight is 216 g/mol. The van der Waals surface area contributed by atoms with E-state index in [0.717, 1.165) is 6.42 Å². The van der Waals surface area contributed by atoms with E-state index in [1.165, 1.54) is 0 Å². The maximum Gasteiger partial charge on any atom is 0.284 e. The van der Waals surface area contributed by atoms with Crippen molar-refractivity contribution in [1.82, 2.24) is 10.2 Å². The summed E-state index contributed by atoms with van der Waals surface area (Å²) in [6.45, 7) is 3.67. The van der Waals surface area contributed by atoms with E-state index in [1.807, 2.05) is 6.92 Å². The van der Waals surface area contributed by atoms with E-state index in [2.05, 4.69) is 10.2 Å². The van der Waals surface area contributed by atoms with Crippen LogP contribution < -0.4 is 0 Å². The molecule has 0 saturated carbocycles. The molecule has 0 aliphatic carbocycles. The summed E-state index contributed by atoms with van der Waals surface area (Å²) in [6, 6.07) is 0. The first-order chi connectivity index (χ1) is 6.77. The highest BCUT2D eigenvalue weighted by atomic mass is 32.1. The molecule has 2 rings (SSSR count). The van der Waals surface area contributed by atoms with Crippen molar-refractivity contribution in [3.8, 4) is 0 Å². The minimum atomic E-state index is -0.539. The van der Waals surface area contributed by atoms with Crippen molar-refractivity contribution >= 4 is 12.2 Å². The summed E-state index contributed by atoms with van der Waals surface area (Å²) < 4.78 is 16.2. The monoisotopic (exact) mass is 216 g/mol. The summed E-state index contributed by atoms with van der Waals surface area (Å²) in [5.74, 6) is 0.488. The molecule has 5 nitrogen and oxygen atoms in total. The van der Waals surface area contributed by atoms with Crippen molar-refractivity contribution in [2.24, 2.45) is 0 Å². The van der Waals surface area contributed by atoms with Crippen molar-refractivity contribution in [1.29, 1.82) is 0 Å². The van der Waals surface area contributed by atoms with E-state index in [1.54, 1.807) is 0 Å². The zero-order valence-corrected chi connectivity index (χ0v) is 8.73. The molecule has 1 aliphatic heterocycles. The van der Waals surface area contributed by atoms with Gasteiger partial charge in [0.2, 0.25) is 5.89 Å². The quantitative estimate of drug-likeness (QED) is 0.773. The Kier molecular flexibility index (Phi) is 2.66. The second-order valence-corrected chi connectivity index (χ2v) is 3.52. The van der Waals surface area contributed by atoms with Gasteiger partial charge < -0.3 is 13.9 Å². The van der Waals surface area contributed by atoms with E-state index >= 15 is 0 Å². The zero-order chi connectivity index (χ0) is 10.0. The lowest BCUT2D eigenvalue weighted by Gasteiger charge is -2.22. The molecule has 1 saturated heterocycles. The van der Waals surface area contributed by atoms with Crippen LogP contribution in [0.25, 0.3) is 0 Å². The fraction of sp³-hybridized carbons (Fsp3) is 0.750. The van der Waals surface area contributed by atoms with Crippen molar-refractivity contribution in [3.63, 3.8) is 0 Å². The Morgan fingerprint density at radius 2 is 2.57 bits per heavy atom. The number of hydrogen-bond donors (Lipinski definition) is 1. The summed E-state index contributed by atoms with van der Waals surface area (Å²) in [5, 5.41) is 6.58. The molecule has 1 aromatic heterocycles. The van der Waals surface area contributed by atoms with Crippen LogP contribution in [0.1, 0.15) is 19.2 Å². The lowest BCUT2D eigenvalue weighted by Crippen LogP contribution is -2.30. The number of aromatic amines is 1. The van der Waals surface area contributed by atoms with Crippen molar-refractivity contribution in [3.05, 3.63) is 10.7 Å². The smallest absolute Gasteiger partial charge is 0.284 e. The summed E-state index contributed by atoms with van der Waals surface area (Å²) in [6.07, 6.45) is 0.754. The van der Waals surface area contributed by atoms with Gasteiger partial charge in [-0.2, -0.15) is 0 Å². The maximum absolute atomic E-state index is 5.64. The van der Waals surface area contributed by atoms with Gasteiger partial charge in [0, 0.05) is 13.0 Å². The van der Waals surface area contributed by atoms with Crippen LogP contribution in [0.3, 0.4) is 0 Å². The number of nitrogens with zero attached hydrogens (tertiary/aromatic N) is 1. The molecule has 0 amide bonds. The van der Waals surface area contributed by atoms with Gasteiger partial charge in [-0.1, -0.05) is 0 Å². The van der Waals surface area contributed by atoms with Gasteiger partial charge in [0.1, 0.15) is 0 Å². The summed E-state index contributed by atoms with van der Waals surface area (Å²) in [7, 11) is 0. The predicted molar refractivity (Wildman–Crippen MR) is 50.4 cm³/mol. The Morgan fingerprint density at radius 1 is 1.71 bits per heavy atom. The van der Waals surface area contributed by atoms with Gasteiger partial charge in [0.15, 0.2) is 5.60 Å². The lowest BCUT2D eigenvalue weighted by atomic mass is 10.0. The second kappa shape index (κ2) is 3.80. The molecule has 78 valence electrons. The third kappa shape index (κ3) is 1.60. The SMILES string of the molecule is CCOC1(c2n[nH]c(=S)o2)CCOC1. The van der Waals surface area contributed by atoms with Crippen molar-refractivity contribution in [2.45, 2.75) is 18.9 Å². The van der Waals surface area contributed by atoms with Gasteiger partial charge in [-0.05, 0) is 19.1 Å². The van der Waals surface area contributed by atoms with Gasteiger partial charge in [-0.25, -0.2) is 5.10 Å². The highest BCUT2D eigenvalue weighted by Gasteiger charge is 2.42. The molecule has 14 heavy (non-hydrogen) atoms. The Hall–Kier alpha value is -0.720. The van der Waals surface area contributed by atoms with E-state index in [4.69, 9.17) is 26.1 Å². The summed E-state index contributed by atoms with van der Waals surface area (Å²) in [5.41, 5.74) is -0.539. The normalized spacial score (nSPS) is 26.9. The molecule has 2 heterocycles. The molecular weight excluding hydrogens is 204 g/mol. The Bertz CT molecular complexity index is 353. The van der Waals surface area contributed by atoms with Gasteiger partial charge >= 0.3 is 0 Å². The lowest BCUT2D eigenvalue weighted by molar-refractivity contribution is -0.0662. The van der Waals surface area contributed by atoms with Crippen LogP contribution in [0.15, 0.2) is 4.42 Å². The fourth-order valence-corrected chi connectivity index (χ4v) is 1.72. The molecule has 1 aromatic rings.